The van der Waals surface area contributed by atoms with E-state index in [1.165, 1.54) is 6.92 Å². The maximum absolute atomic E-state index is 12.0. The quantitative estimate of drug-likeness (QED) is 0.637. The lowest BCUT2D eigenvalue weighted by atomic mass is 10.1. The summed E-state index contributed by atoms with van der Waals surface area (Å²) >= 11 is 0. The number of amides is 3. The minimum atomic E-state index is -0.965. The van der Waals surface area contributed by atoms with E-state index in [1.807, 2.05) is 0 Å². The SMILES string of the molecule is CC(CNC(=O)c1cccc(NC(=O)NC2CC2)c1)C(=O)O. The van der Waals surface area contributed by atoms with Crippen LogP contribution >= 0.6 is 0 Å². The van der Waals surface area contributed by atoms with Gasteiger partial charge in [-0.2, -0.15) is 0 Å². The molecule has 1 aromatic rings. The number of carbonyl (C=O) groups excluding carboxylic acids is 2. The molecule has 22 heavy (non-hydrogen) atoms. The van der Waals surface area contributed by atoms with E-state index in [0.29, 0.717) is 11.3 Å². The number of carboxylic acids is 1. The molecule has 0 saturated heterocycles. The van der Waals surface area contributed by atoms with Gasteiger partial charge in [0.1, 0.15) is 0 Å². The van der Waals surface area contributed by atoms with Crippen LogP contribution in [0.5, 0.6) is 0 Å². The van der Waals surface area contributed by atoms with Gasteiger partial charge in [0.05, 0.1) is 5.92 Å². The lowest BCUT2D eigenvalue weighted by Gasteiger charge is -2.10. The monoisotopic (exact) mass is 305 g/mol. The van der Waals surface area contributed by atoms with Gasteiger partial charge in [-0.3, -0.25) is 9.59 Å². The highest BCUT2D eigenvalue weighted by Gasteiger charge is 2.23. The Morgan fingerprint density at radius 2 is 2.05 bits per heavy atom. The first-order valence-electron chi connectivity index (χ1n) is 7.14. The Labute approximate surface area is 128 Å². The summed E-state index contributed by atoms with van der Waals surface area (Å²) in [6.07, 6.45) is 2.00. The predicted molar refractivity (Wildman–Crippen MR) is 80.8 cm³/mol. The van der Waals surface area contributed by atoms with Crippen LogP contribution in [0.15, 0.2) is 24.3 Å². The standard InChI is InChI=1S/C15H19N3O4/c1-9(14(20)21)8-16-13(19)10-3-2-4-12(7-10)18-15(22)17-11-5-6-11/h2-4,7,9,11H,5-6,8H2,1H3,(H,16,19)(H,20,21)(H2,17,18,22). The fourth-order valence-corrected chi connectivity index (χ4v) is 1.75. The molecule has 118 valence electrons. The zero-order chi connectivity index (χ0) is 16.1. The van der Waals surface area contributed by atoms with E-state index < -0.39 is 11.9 Å². The second kappa shape index (κ2) is 6.93. The van der Waals surface area contributed by atoms with Crippen LogP contribution < -0.4 is 16.0 Å². The smallest absolute Gasteiger partial charge is 0.319 e. The second-order valence-electron chi connectivity index (χ2n) is 5.40. The number of rotatable bonds is 6. The van der Waals surface area contributed by atoms with Gasteiger partial charge in [-0.25, -0.2) is 4.79 Å². The third kappa shape index (κ3) is 4.76. The highest BCUT2D eigenvalue weighted by molar-refractivity contribution is 5.97. The minimum absolute atomic E-state index is 0.0496. The molecule has 0 spiro atoms. The first-order chi connectivity index (χ1) is 10.5. The highest BCUT2D eigenvalue weighted by Crippen LogP contribution is 2.19. The Morgan fingerprint density at radius 1 is 1.32 bits per heavy atom. The van der Waals surface area contributed by atoms with Crippen LogP contribution in [0.2, 0.25) is 0 Å². The van der Waals surface area contributed by atoms with E-state index in [4.69, 9.17) is 5.11 Å². The second-order valence-corrected chi connectivity index (χ2v) is 5.40. The van der Waals surface area contributed by atoms with Gasteiger partial charge in [0.2, 0.25) is 0 Å². The molecule has 1 aliphatic carbocycles. The first-order valence-corrected chi connectivity index (χ1v) is 7.14. The number of carbonyl (C=O) groups is 3. The fourth-order valence-electron chi connectivity index (χ4n) is 1.75. The highest BCUT2D eigenvalue weighted by atomic mass is 16.4. The summed E-state index contributed by atoms with van der Waals surface area (Å²) in [7, 11) is 0. The molecule has 1 atom stereocenters. The van der Waals surface area contributed by atoms with Gasteiger partial charge in [-0.15, -0.1) is 0 Å². The van der Waals surface area contributed by atoms with Crippen molar-refractivity contribution in [2.75, 3.05) is 11.9 Å². The van der Waals surface area contributed by atoms with Crippen molar-refractivity contribution >= 4 is 23.6 Å². The summed E-state index contributed by atoms with van der Waals surface area (Å²) in [5, 5.41) is 16.8. The summed E-state index contributed by atoms with van der Waals surface area (Å²) in [5.41, 5.74) is 0.874. The summed E-state index contributed by atoms with van der Waals surface area (Å²) in [6.45, 7) is 1.57. The van der Waals surface area contributed by atoms with Crippen LogP contribution in [-0.2, 0) is 4.79 Å². The average molecular weight is 305 g/mol. The Hall–Kier alpha value is -2.57. The van der Waals surface area contributed by atoms with Crippen molar-refractivity contribution in [2.45, 2.75) is 25.8 Å². The van der Waals surface area contributed by atoms with Crippen molar-refractivity contribution in [3.8, 4) is 0 Å². The molecule has 3 amide bonds. The minimum Gasteiger partial charge on any atom is -0.481 e. The first kappa shape index (κ1) is 15.8. The van der Waals surface area contributed by atoms with Crippen LogP contribution in [-0.4, -0.2) is 35.6 Å². The van der Waals surface area contributed by atoms with E-state index in [-0.39, 0.29) is 24.5 Å². The van der Waals surface area contributed by atoms with Crippen LogP contribution in [0.25, 0.3) is 0 Å². The summed E-state index contributed by atoms with van der Waals surface area (Å²) in [6, 6.07) is 6.45. The van der Waals surface area contributed by atoms with Crippen molar-refractivity contribution in [3.63, 3.8) is 0 Å². The molecule has 0 heterocycles. The number of carboxylic acid groups (broad SMARTS) is 1. The fraction of sp³-hybridized carbons (Fsp3) is 0.400. The molecule has 0 aliphatic heterocycles. The molecule has 1 saturated carbocycles. The van der Waals surface area contributed by atoms with E-state index in [0.717, 1.165) is 12.8 Å². The van der Waals surface area contributed by atoms with Crippen LogP contribution in [0.3, 0.4) is 0 Å². The molecule has 1 aromatic carbocycles. The van der Waals surface area contributed by atoms with Gasteiger partial charge < -0.3 is 21.1 Å². The number of hydrogen-bond acceptors (Lipinski definition) is 3. The topological polar surface area (TPSA) is 108 Å². The van der Waals surface area contributed by atoms with Gasteiger partial charge in [0, 0.05) is 23.8 Å². The van der Waals surface area contributed by atoms with Crippen LogP contribution in [0.1, 0.15) is 30.1 Å². The third-order valence-corrected chi connectivity index (χ3v) is 3.29. The van der Waals surface area contributed by atoms with E-state index in [1.54, 1.807) is 24.3 Å². The zero-order valence-electron chi connectivity index (χ0n) is 12.3. The van der Waals surface area contributed by atoms with Crippen molar-refractivity contribution in [1.82, 2.24) is 10.6 Å². The van der Waals surface area contributed by atoms with Gasteiger partial charge >= 0.3 is 12.0 Å². The molecule has 7 heteroatoms. The normalized spacial score (nSPS) is 14.8. The molecule has 0 aromatic heterocycles. The van der Waals surface area contributed by atoms with Crippen LogP contribution in [0, 0.1) is 5.92 Å². The van der Waals surface area contributed by atoms with Crippen LogP contribution in [0.4, 0.5) is 10.5 Å². The van der Waals surface area contributed by atoms with Gasteiger partial charge in [0.25, 0.3) is 5.91 Å². The third-order valence-electron chi connectivity index (χ3n) is 3.29. The Morgan fingerprint density at radius 3 is 2.68 bits per heavy atom. The number of nitrogens with one attached hydrogen (secondary N) is 3. The number of anilines is 1. The Bertz CT molecular complexity index is 584. The molecule has 0 bridgehead atoms. The number of hydrogen-bond donors (Lipinski definition) is 4. The summed E-state index contributed by atoms with van der Waals surface area (Å²) < 4.78 is 0. The van der Waals surface area contributed by atoms with Crippen molar-refractivity contribution < 1.29 is 19.5 Å². The van der Waals surface area contributed by atoms with Crippen molar-refractivity contribution in [1.29, 1.82) is 0 Å². The lowest BCUT2D eigenvalue weighted by molar-refractivity contribution is -0.140. The molecule has 1 aliphatic rings. The van der Waals surface area contributed by atoms with E-state index in [9.17, 15) is 14.4 Å². The maximum atomic E-state index is 12.0. The molecule has 0 radical (unpaired) electrons. The summed E-state index contributed by atoms with van der Waals surface area (Å²) in [5.74, 6) is -2.00. The summed E-state index contributed by atoms with van der Waals surface area (Å²) in [4.78, 5) is 34.3. The Balaban J connectivity index is 1.90. The molecule has 1 unspecified atom stereocenters. The molecule has 4 N–H and O–H groups in total. The van der Waals surface area contributed by atoms with Gasteiger partial charge in [-0.1, -0.05) is 13.0 Å². The van der Waals surface area contributed by atoms with Gasteiger partial charge in [-0.05, 0) is 31.0 Å². The van der Waals surface area contributed by atoms with Crippen molar-refractivity contribution in [2.24, 2.45) is 5.92 Å². The van der Waals surface area contributed by atoms with Crippen molar-refractivity contribution in [3.05, 3.63) is 29.8 Å². The van der Waals surface area contributed by atoms with E-state index in [2.05, 4.69) is 16.0 Å². The lowest BCUT2D eigenvalue weighted by Crippen LogP contribution is -2.32. The number of urea groups is 1. The Kier molecular flexibility index (Phi) is 4.98. The number of aliphatic carboxylic acids is 1. The predicted octanol–water partition coefficient (Wildman–Crippen LogP) is 1.42. The average Bonchev–Trinajstić information content (AvgIpc) is 3.28. The number of benzene rings is 1. The zero-order valence-corrected chi connectivity index (χ0v) is 12.3. The van der Waals surface area contributed by atoms with E-state index >= 15 is 0 Å². The molecular formula is C15H19N3O4. The van der Waals surface area contributed by atoms with Gasteiger partial charge in [0.15, 0.2) is 0 Å². The molecule has 7 nitrogen and oxygen atoms in total. The largest absolute Gasteiger partial charge is 0.481 e. The molecule has 2 rings (SSSR count). The molecular weight excluding hydrogens is 286 g/mol. The maximum Gasteiger partial charge on any atom is 0.319 e. The molecule has 1 fully saturated rings.